The second-order valence-electron chi connectivity index (χ2n) is 3.49. The minimum Gasteiger partial charge on any atom is -0.496 e. The minimum absolute atomic E-state index is 0.00125. The third-order valence-corrected chi connectivity index (χ3v) is 2.44. The van der Waals surface area contributed by atoms with Crippen molar-refractivity contribution in [1.29, 1.82) is 0 Å². The number of ether oxygens (including phenoxy) is 1. The Morgan fingerprint density at radius 3 is 2.81 bits per heavy atom. The van der Waals surface area contributed by atoms with Crippen LogP contribution in [-0.4, -0.2) is 23.2 Å². The number of nitrogens with zero attached hydrogens (tertiary/aromatic N) is 1. The molecular weight excluding hydrogens is 206 g/mol. The summed E-state index contributed by atoms with van der Waals surface area (Å²) in [5, 5.41) is 9.76. The highest BCUT2D eigenvalue weighted by molar-refractivity contribution is 5.94. The van der Waals surface area contributed by atoms with E-state index in [-0.39, 0.29) is 5.69 Å². The molecule has 0 saturated heterocycles. The number of carbonyl (C=O) groups is 1. The number of methoxy groups -OCH3 is 1. The zero-order chi connectivity index (χ0) is 11.7. The van der Waals surface area contributed by atoms with Crippen molar-refractivity contribution in [2.24, 2.45) is 0 Å². The number of benzene rings is 1. The lowest BCUT2D eigenvalue weighted by atomic mass is 10.1. The molecule has 2 aromatic rings. The fourth-order valence-corrected chi connectivity index (χ4v) is 1.64. The largest absolute Gasteiger partial charge is 0.496 e. The molecule has 16 heavy (non-hydrogen) atoms. The number of aromatic carboxylic acids is 1. The molecule has 0 spiro atoms. The second-order valence-corrected chi connectivity index (χ2v) is 3.49. The highest BCUT2D eigenvalue weighted by Gasteiger charge is 2.12. The van der Waals surface area contributed by atoms with Gasteiger partial charge in [0.05, 0.1) is 12.6 Å². The van der Waals surface area contributed by atoms with Crippen LogP contribution in [0.25, 0.3) is 10.9 Å². The number of carboxylic acids is 1. The Hall–Kier alpha value is -2.10. The van der Waals surface area contributed by atoms with Crippen molar-refractivity contribution in [1.82, 2.24) is 4.98 Å². The first-order valence-corrected chi connectivity index (χ1v) is 4.81. The molecule has 0 unspecified atom stereocenters. The fraction of sp³-hybridized carbons (Fsp3) is 0.167. The minimum atomic E-state index is -1.05. The van der Waals surface area contributed by atoms with Crippen LogP contribution < -0.4 is 4.74 Å². The normalized spacial score (nSPS) is 10.4. The molecule has 0 saturated carbocycles. The third-order valence-electron chi connectivity index (χ3n) is 2.44. The highest BCUT2D eigenvalue weighted by Crippen LogP contribution is 2.27. The van der Waals surface area contributed by atoms with Gasteiger partial charge in [-0.1, -0.05) is 12.1 Å². The van der Waals surface area contributed by atoms with Gasteiger partial charge in [0.1, 0.15) is 5.75 Å². The molecule has 0 aliphatic carbocycles. The van der Waals surface area contributed by atoms with E-state index in [1.165, 1.54) is 13.2 Å². The first-order valence-electron chi connectivity index (χ1n) is 4.81. The van der Waals surface area contributed by atoms with E-state index in [9.17, 15) is 4.79 Å². The number of pyridine rings is 1. The van der Waals surface area contributed by atoms with Gasteiger partial charge in [0, 0.05) is 11.5 Å². The van der Waals surface area contributed by atoms with Gasteiger partial charge in [-0.05, 0) is 18.6 Å². The molecular formula is C12H11NO3. The van der Waals surface area contributed by atoms with Crippen LogP contribution in [-0.2, 0) is 0 Å². The van der Waals surface area contributed by atoms with Crippen molar-refractivity contribution in [2.75, 3.05) is 7.11 Å². The number of aromatic nitrogens is 1. The van der Waals surface area contributed by atoms with E-state index in [0.29, 0.717) is 11.3 Å². The number of fused-ring (bicyclic) bond motifs is 1. The Morgan fingerprint density at radius 2 is 2.19 bits per heavy atom. The predicted molar refractivity (Wildman–Crippen MR) is 60.0 cm³/mol. The summed E-state index contributed by atoms with van der Waals surface area (Å²) in [5.74, 6) is -0.519. The molecule has 0 aliphatic heterocycles. The summed E-state index contributed by atoms with van der Waals surface area (Å²) in [4.78, 5) is 15.0. The summed E-state index contributed by atoms with van der Waals surface area (Å²) in [6.07, 6.45) is 0. The topological polar surface area (TPSA) is 59.4 Å². The molecule has 0 amide bonds. The van der Waals surface area contributed by atoms with Gasteiger partial charge in [0.15, 0.2) is 5.69 Å². The lowest BCUT2D eigenvalue weighted by Crippen LogP contribution is -2.02. The molecule has 2 rings (SSSR count). The van der Waals surface area contributed by atoms with E-state index in [2.05, 4.69) is 4.98 Å². The molecule has 1 aromatic carbocycles. The van der Waals surface area contributed by atoms with E-state index in [1.54, 1.807) is 0 Å². The smallest absolute Gasteiger partial charge is 0.354 e. The average Bonchev–Trinajstić information content (AvgIpc) is 2.28. The van der Waals surface area contributed by atoms with Gasteiger partial charge in [0.25, 0.3) is 0 Å². The van der Waals surface area contributed by atoms with Crippen LogP contribution in [0.5, 0.6) is 5.75 Å². The molecule has 1 aromatic heterocycles. The van der Waals surface area contributed by atoms with Gasteiger partial charge < -0.3 is 9.84 Å². The number of aryl methyl sites for hydroxylation is 1. The Labute approximate surface area is 92.5 Å². The lowest BCUT2D eigenvalue weighted by molar-refractivity contribution is 0.0690. The van der Waals surface area contributed by atoms with Crippen LogP contribution in [0.2, 0.25) is 0 Å². The summed E-state index contributed by atoms with van der Waals surface area (Å²) in [6.45, 7) is 1.89. The molecule has 4 heteroatoms. The summed E-state index contributed by atoms with van der Waals surface area (Å²) in [5.41, 5.74) is 1.59. The van der Waals surface area contributed by atoms with Gasteiger partial charge in [-0.25, -0.2) is 9.78 Å². The van der Waals surface area contributed by atoms with Crippen molar-refractivity contribution in [3.05, 3.63) is 35.5 Å². The van der Waals surface area contributed by atoms with Crippen LogP contribution in [0.3, 0.4) is 0 Å². The van der Waals surface area contributed by atoms with Gasteiger partial charge >= 0.3 is 5.97 Å². The van der Waals surface area contributed by atoms with Crippen LogP contribution in [0.1, 0.15) is 16.1 Å². The molecule has 0 radical (unpaired) electrons. The molecule has 1 heterocycles. The van der Waals surface area contributed by atoms with E-state index in [4.69, 9.17) is 9.84 Å². The van der Waals surface area contributed by atoms with Crippen molar-refractivity contribution < 1.29 is 14.6 Å². The van der Waals surface area contributed by atoms with Crippen molar-refractivity contribution in [3.8, 4) is 5.75 Å². The van der Waals surface area contributed by atoms with Crippen LogP contribution in [0, 0.1) is 6.92 Å². The van der Waals surface area contributed by atoms with Crippen LogP contribution in [0.4, 0.5) is 0 Å². The van der Waals surface area contributed by atoms with Crippen molar-refractivity contribution in [3.63, 3.8) is 0 Å². The van der Waals surface area contributed by atoms with Gasteiger partial charge in [-0.2, -0.15) is 0 Å². The van der Waals surface area contributed by atoms with Crippen LogP contribution in [0.15, 0.2) is 24.3 Å². The van der Waals surface area contributed by atoms with E-state index in [0.717, 1.165) is 10.9 Å². The predicted octanol–water partition coefficient (Wildman–Crippen LogP) is 2.25. The SMILES string of the molecule is COc1cc(C(=O)O)nc2c(C)cccc12. The van der Waals surface area contributed by atoms with Crippen molar-refractivity contribution in [2.45, 2.75) is 6.92 Å². The maximum atomic E-state index is 10.9. The Kier molecular flexibility index (Phi) is 2.48. The third kappa shape index (κ3) is 1.58. The fourth-order valence-electron chi connectivity index (χ4n) is 1.64. The summed E-state index contributed by atoms with van der Waals surface area (Å²) in [6, 6.07) is 7.08. The van der Waals surface area contributed by atoms with Gasteiger partial charge in [-0.3, -0.25) is 0 Å². The first-order chi connectivity index (χ1) is 7.63. The molecule has 1 N–H and O–H groups in total. The number of carboxylic acid groups (broad SMARTS) is 1. The molecule has 0 aliphatic rings. The van der Waals surface area contributed by atoms with Crippen molar-refractivity contribution >= 4 is 16.9 Å². The monoisotopic (exact) mass is 217 g/mol. The Balaban J connectivity index is 2.84. The zero-order valence-corrected chi connectivity index (χ0v) is 9.02. The molecule has 0 bridgehead atoms. The lowest BCUT2D eigenvalue weighted by Gasteiger charge is -2.07. The quantitative estimate of drug-likeness (QED) is 0.838. The molecule has 0 atom stereocenters. The summed E-state index contributed by atoms with van der Waals surface area (Å²) >= 11 is 0. The van der Waals surface area contributed by atoms with E-state index in [1.807, 2.05) is 25.1 Å². The number of rotatable bonds is 2. The maximum absolute atomic E-state index is 10.9. The Bertz CT molecular complexity index is 563. The second kappa shape index (κ2) is 3.81. The summed E-state index contributed by atoms with van der Waals surface area (Å²) < 4.78 is 5.17. The molecule has 82 valence electrons. The highest BCUT2D eigenvalue weighted by atomic mass is 16.5. The molecule has 4 nitrogen and oxygen atoms in total. The summed E-state index contributed by atoms with van der Waals surface area (Å²) in [7, 11) is 1.52. The first kappa shape index (κ1) is 10.4. The maximum Gasteiger partial charge on any atom is 0.354 e. The average molecular weight is 217 g/mol. The number of hydrogen-bond donors (Lipinski definition) is 1. The standard InChI is InChI=1S/C12H11NO3/c1-7-4-3-5-8-10(16-2)6-9(12(14)15)13-11(7)8/h3-6H,1-2H3,(H,14,15). The molecule has 0 fully saturated rings. The van der Waals surface area contributed by atoms with E-state index < -0.39 is 5.97 Å². The van der Waals surface area contributed by atoms with E-state index >= 15 is 0 Å². The van der Waals surface area contributed by atoms with Gasteiger partial charge in [-0.15, -0.1) is 0 Å². The number of hydrogen-bond acceptors (Lipinski definition) is 3. The Morgan fingerprint density at radius 1 is 1.44 bits per heavy atom. The number of para-hydroxylation sites is 1. The van der Waals surface area contributed by atoms with Crippen LogP contribution >= 0.6 is 0 Å². The van der Waals surface area contributed by atoms with Gasteiger partial charge in [0.2, 0.25) is 0 Å². The zero-order valence-electron chi connectivity index (χ0n) is 9.02.